The number of likely N-dealkylation sites (N-methyl/N-ethyl adjacent to an activating group) is 1. The monoisotopic (exact) mass is 325 g/mol. The van der Waals surface area contributed by atoms with E-state index < -0.39 is 12.7 Å². The van der Waals surface area contributed by atoms with E-state index in [-0.39, 0.29) is 11.2 Å². The number of fused-ring (bicyclic) bond motifs is 1. The Labute approximate surface area is 134 Å². The highest BCUT2D eigenvalue weighted by atomic mass is 19.3. The third-order valence-corrected chi connectivity index (χ3v) is 4.92. The summed E-state index contributed by atoms with van der Waals surface area (Å²) < 4.78 is 34.7. The fourth-order valence-corrected chi connectivity index (χ4v) is 3.77. The number of likely N-dealkylation sites (tertiary alicyclic amines) is 1. The molecular formula is C17H21F2NO3. The van der Waals surface area contributed by atoms with E-state index in [1.54, 1.807) is 6.07 Å². The van der Waals surface area contributed by atoms with Gasteiger partial charge in [0.05, 0.1) is 13.2 Å². The molecular weight excluding hydrogens is 304 g/mol. The summed E-state index contributed by atoms with van der Waals surface area (Å²) in [5.74, 6) is 0.340. The lowest BCUT2D eigenvalue weighted by atomic mass is 9.70. The fraction of sp³-hybridized carbons (Fsp3) is 0.529. The van der Waals surface area contributed by atoms with Gasteiger partial charge in [-0.1, -0.05) is 6.07 Å². The van der Waals surface area contributed by atoms with E-state index in [4.69, 9.17) is 4.74 Å². The lowest BCUT2D eigenvalue weighted by Gasteiger charge is -2.37. The van der Waals surface area contributed by atoms with E-state index in [9.17, 15) is 13.9 Å². The maximum Gasteiger partial charge on any atom is 0.387 e. The van der Waals surface area contributed by atoms with Gasteiger partial charge in [0.2, 0.25) is 0 Å². The summed E-state index contributed by atoms with van der Waals surface area (Å²) in [6.07, 6.45) is 3.92. The number of nitrogens with zero attached hydrogens (tertiary/aromatic N) is 1. The van der Waals surface area contributed by atoms with Crippen LogP contribution < -0.4 is 9.47 Å². The molecule has 1 N–H and O–H groups in total. The molecule has 0 aromatic heterocycles. The minimum absolute atomic E-state index is 0.0374. The van der Waals surface area contributed by atoms with Gasteiger partial charge in [-0.3, -0.25) is 0 Å². The maximum absolute atomic E-state index is 12.5. The van der Waals surface area contributed by atoms with E-state index in [1.165, 1.54) is 13.2 Å². The van der Waals surface area contributed by atoms with Crippen molar-refractivity contribution in [2.45, 2.75) is 37.4 Å². The predicted molar refractivity (Wildman–Crippen MR) is 81.9 cm³/mol. The Hall–Kier alpha value is -1.82. The number of aliphatic hydroxyl groups is 1. The zero-order valence-corrected chi connectivity index (χ0v) is 13.3. The molecule has 0 saturated carbocycles. The van der Waals surface area contributed by atoms with Crippen LogP contribution in [0.1, 0.15) is 24.8 Å². The Kier molecular flexibility index (Phi) is 4.19. The number of allylic oxidation sites excluding steroid dienone is 1. The van der Waals surface area contributed by atoms with Gasteiger partial charge in [0.15, 0.2) is 11.5 Å². The summed E-state index contributed by atoms with van der Waals surface area (Å²) in [4.78, 5) is 2.15. The van der Waals surface area contributed by atoms with Crippen LogP contribution in [0.2, 0.25) is 0 Å². The van der Waals surface area contributed by atoms with Gasteiger partial charge in [0.1, 0.15) is 0 Å². The van der Waals surface area contributed by atoms with Gasteiger partial charge in [-0.2, -0.15) is 8.78 Å². The fourth-order valence-electron chi connectivity index (χ4n) is 3.77. The molecule has 0 radical (unpaired) electrons. The normalized spacial score (nSPS) is 27.0. The Morgan fingerprint density at radius 3 is 2.78 bits per heavy atom. The quantitative estimate of drug-likeness (QED) is 0.924. The largest absolute Gasteiger partial charge is 0.493 e. The van der Waals surface area contributed by atoms with E-state index in [1.807, 2.05) is 19.2 Å². The lowest BCUT2D eigenvalue weighted by Crippen LogP contribution is -2.33. The number of hydrogen-bond acceptors (Lipinski definition) is 4. The van der Waals surface area contributed by atoms with Crippen LogP contribution in [-0.4, -0.2) is 43.4 Å². The molecule has 2 atom stereocenters. The molecule has 0 unspecified atom stereocenters. The van der Waals surface area contributed by atoms with Crippen LogP contribution in [0.3, 0.4) is 0 Å². The SMILES string of the molecule is COc1cc([C@@]23CC[C@H](O)C=C2N(C)CC3)ccc1OC(F)F. The van der Waals surface area contributed by atoms with Gasteiger partial charge in [0, 0.05) is 24.7 Å². The van der Waals surface area contributed by atoms with Crippen LogP contribution in [0, 0.1) is 0 Å². The van der Waals surface area contributed by atoms with Crippen LogP contribution in [0.15, 0.2) is 30.0 Å². The van der Waals surface area contributed by atoms with Gasteiger partial charge in [-0.25, -0.2) is 0 Å². The molecule has 2 aliphatic rings. The number of alkyl halides is 2. The van der Waals surface area contributed by atoms with Crippen LogP contribution in [-0.2, 0) is 5.41 Å². The number of methoxy groups -OCH3 is 1. The van der Waals surface area contributed by atoms with Gasteiger partial charge < -0.3 is 19.5 Å². The zero-order valence-electron chi connectivity index (χ0n) is 13.3. The number of hydrogen-bond donors (Lipinski definition) is 1. The molecule has 1 aliphatic carbocycles. The summed E-state index contributed by atoms with van der Waals surface area (Å²) in [6, 6.07) is 5.14. The predicted octanol–water partition coefficient (Wildman–Crippen LogP) is 2.91. The highest BCUT2D eigenvalue weighted by Crippen LogP contribution is 2.50. The molecule has 0 spiro atoms. The van der Waals surface area contributed by atoms with Crippen LogP contribution in [0.4, 0.5) is 8.78 Å². The second kappa shape index (κ2) is 6.00. The molecule has 3 rings (SSSR count). The van der Waals surface area contributed by atoms with Crippen molar-refractivity contribution in [1.29, 1.82) is 0 Å². The number of benzene rings is 1. The second-order valence-corrected chi connectivity index (χ2v) is 6.16. The Balaban J connectivity index is 2.02. The number of aliphatic hydroxyl groups excluding tert-OH is 1. The second-order valence-electron chi connectivity index (χ2n) is 6.16. The maximum atomic E-state index is 12.5. The van der Waals surface area contributed by atoms with Gasteiger partial charge in [-0.15, -0.1) is 0 Å². The molecule has 1 aromatic carbocycles. The first-order chi connectivity index (χ1) is 11.0. The topological polar surface area (TPSA) is 41.9 Å². The molecule has 1 fully saturated rings. The first-order valence-electron chi connectivity index (χ1n) is 7.71. The van der Waals surface area contributed by atoms with Gasteiger partial charge in [-0.05, 0) is 43.0 Å². The standard InChI is InChI=1S/C17H21F2NO3/c1-20-8-7-17(6-5-12(21)10-15(17)20)11-3-4-13(23-16(18)19)14(9-11)22-2/h3-4,9-10,12,16,21H,5-8H2,1-2H3/t12-,17-/m0/s1. The molecule has 0 amide bonds. The Morgan fingerprint density at radius 1 is 1.30 bits per heavy atom. The molecule has 23 heavy (non-hydrogen) atoms. The minimum Gasteiger partial charge on any atom is -0.493 e. The van der Waals surface area contributed by atoms with Crippen molar-refractivity contribution in [2.24, 2.45) is 0 Å². The van der Waals surface area contributed by atoms with Crippen LogP contribution in [0.5, 0.6) is 11.5 Å². The minimum atomic E-state index is -2.88. The van der Waals surface area contributed by atoms with Gasteiger partial charge >= 0.3 is 6.61 Å². The van der Waals surface area contributed by atoms with E-state index in [2.05, 4.69) is 9.64 Å². The Morgan fingerprint density at radius 2 is 2.09 bits per heavy atom. The van der Waals surface area contributed by atoms with Crippen molar-refractivity contribution >= 4 is 0 Å². The first-order valence-corrected chi connectivity index (χ1v) is 7.71. The molecule has 6 heteroatoms. The van der Waals surface area contributed by atoms with Crippen LogP contribution in [0.25, 0.3) is 0 Å². The van der Waals surface area contributed by atoms with Crippen LogP contribution >= 0.6 is 0 Å². The van der Waals surface area contributed by atoms with Crippen molar-refractivity contribution in [3.8, 4) is 11.5 Å². The Bertz CT molecular complexity index is 620. The smallest absolute Gasteiger partial charge is 0.387 e. The van der Waals surface area contributed by atoms with Crippen molar-refractivity contribution < 1.29 is 23.4 Å². The molecule has 1 saturated heterocycles. The number of rotatable bonds is 4. The molecule has 1 aromatic rings. The highest BCUT2D eigenvalue weighted by molar-refractivity contribution is 5.49. The van der Waals surface area contributed by atoms with E-state index in [0.717, 1.165) is 30.6 Å². The highest BCUT2D eigenvalue weighted by Gasteiger charge is 2.45. The molecule has 126 valence electrons. The number of halogens is 2. The lowest BCUT2D eigenvalue weighted by molar-refractivity contribution is -0.0512. The van der Waals surface area contributed by atoms with Crippen molar-refractivity contribution in [2.75, 3.05) is 20.7 Å². The third-order valence-electron chi connectivity index (χ3n) is 4.92. The van der Waals surface area contributed by atoms with Gasteiger partial charge in [0.25, 0.3) is 0 Å². The molecule has 4 nitrogen and oxygen atoms in total. The number of ether oxygens (including phenoxy) is 2. The van der Waals surface area contributed by atoms with E-state index in [0.29, 0.717) is 12.2 Å². The average Bonchev–Trinajstić information content (AvgIpc) is 2.85. The van der Waals surface area contributed by atoms with Crippen molar-refractivity contribution in [1.82, 2.24) is 4.90 Å². The summed E-state index contributed by atoms with van der Waals surface area (Å²) in [5, 5.41) is 9.95. The zero-order chi connectivity index (χ0) is 16.6. The summed E-state index contributed by atoms with van der Waals surface area (Å²) in [5.41, 5.74) is 1.92. The summed E-state index contributed by atoms with van der Waals surface area (Å²) in [7, 11) is 3.45. The molecule has 1 aliphatic heterocycles. The van der Waals surface area contributed by atoms with Crippen molar-refractivity contribution in [3.05, 3.63) is 35.5 Å². The van der Waals surface area contributed by atoms with Crippen molar-refractivity contribution in [3.63, 3.8) is 0 Å². The average molecular weight is 325 g/mol. The summed E-state index contributed by atoms with van der Waals surface area (Å²) in [6.45, 7) is -1.98. The third kappa shape index (κ3) is 2.76. The summed E-state index contributed by atoms with van der Waals surface area (Å²) >= 11 is 0. The molecule has 1 heterocycles. The molecule has 0 bridgehead atoms. The first kappa shape index (κ1) is 16.1. The van der Waals surface area contributed by atoms with E-state index >= 15 is 0 Å².